The highest BCUT2D eigenvalue weighted by Crippen LogP contribution is 2.15. The molecule has 2 N–H and O–H groups in total. The molecule has 7 nitrogen and oxygen atoms in total. The number of nitrogens with one attached hydrogen (secondary N) is 1. The van der Waals surface area contributed by atoms with E-state index in [0.717, 1.165) is 39.1 Å². The van der Waals surface area contributed by atoms with Crippen LogP contribution in [0.2, 0.25) is 5.02 Å². The number of benzene rings is 1. The first kappa shape index (κ1) is 19.8. The van der Waals surface area contributed by atoms with Gasteiger partial charge in [-0.3, -0.25) is 14.6 Å². The number of oxazole rings is 1. The van der Waals surface area contributed by atoms with Crippen molar-refractivity contribution in [2.45, 2.75) is 26.0 Å². The van der Waals surface area contributed by atoms with Crippen LogP contribution in [0.3, 0.4) is 0 Å². The van der Waals surface area contributed by atoms with Gasteiger partial charge in [-0.1, -0.05) is 18.5 Å². The quantitative estimate of drug-likeness (QED) is 0.753. The zero-order chi connectivity index (χ0) is 19.2. The second-order valence-corrected chi connectivity index (χ2v) is 7.16. The highest BCUT2D eigenvalue weighted by Gasteiger charge is 2.21. The van der Waals surface area contributed by atoms with E-state index < -0.39 is 0 Å². The molecule has 2 heterocycles. The SMILES string of the molecule is CCC(O)CN1CCN(Cc2nc(C(=O)Nc3ccc(Cl)cc3)co2)CC1. The van der Waals surface area contributed by atoms with E-state index >= 15 is 0 Å². The van der Waals surface area contributed by atoms with E-state index in [9.17, 15) is 9.90 Å². The molecule has 146 valence electrons. The molecule has 1 aromatic carbocycles. The number of amides is 1. The van der Waals surface area contributed by atoms with E-state index in [-0.39, 0.29) is 17.7 Å². The maximum Gasteiger partial charge on any atom is 0.277 e. The van der Waals surface area contributed by atoms with Crippen molar-refractivity contribution in [1.82, 2.24) is 14.8 Å². The number of piperazine rings is 1. The van der Waals surface area contributed by atoms with Crippen LogP contribution in [-0.4, -0.2) is 64.6 Å². The topological polar surface area (TPSA) is 81.8 Å². The Morgan fingerprint density at radius 2 is 1.93 bits per heavy atom. The van der Waals surface area contributed by atoms with Gasteiger partial charge in [0.25, 0.3) is 5.91 Å². The Morgan fingerprint density at radius 1 is 1.26 bits per heavy atom. The maximum absolute atomic E-state index is 12.3. The van der Waals surface area contributed by atoms with E-state index in [1.165, 1.54) is 6.26 Å². The van der Waals surface area contributed by atoms with Gasteiger partial charge in [-0.15, -0.1) is 0 Å². The predicted octanol–water partition coefficient (Wildman–Crippen LogP) is 2.47. The smallest absolute Gasteiger partial charge is 0.277 e. The molecule has 0 aliphatic carbocycles. The number of β-amino-alcohol motifs (C(OH)–C–C–N with tert-alkyl or cyclic N) is 1. The lowest BCUT2D eigenvalue weighted by Gasteiger charge is -2.34. The van der Waals surface area contributed by atoms with Crippen LogP contribution >= 0.6 is 11.6 Å². The van der Waals surface area contributed by atoms with E-state index in [2.05, 4.69) is 20.1 Å². The molecule has 1 atom stereocenters. The summed E-state index contributed by atoms with van der Waals surface area (Å²) in [5, 5.41) is 13.1. The van der Waals surface area contributed by atoms with Gasteiger partial charge in [-0.2, -0.15) is 0 Å². The normalized spacial score (nSPS) is 17.0. The van der Waals surface area contributed by atoms with Gasteiger partial charge in [-0.05, 0) is 30.7 Å². The van der Waals surface area contributed by atoms with Gasteiger partial charge in [0.05, 0.1) is 12.6 Å². The lowest BCUT2D eigenvalue weighted by molar-refractivity contribution is 0.0658. The van der Waals surface area contributed by atoms with Gasteiger partial charge < -0.3 is 14.8 Å². The Hall–Kier alpha value is -1.93. The second-order valence-electron chi connectivity index (χ2n) is 6.73. The fourth-order valence-electron chi connectivity index (χ4n) is 2.96. The number of aromatic nitrogens is 1. The van der Waals surface area contributed by atoms with Crippen molar-refractivity contribution in [2.24, 2.45) is 0 Å². The van der Waals surface area contributed by atoms with E-state index in [1.54, 1.807) is 24.3 Å². The highest BCUT2D eigenvalue weighted by atomic mass is 35.5. The second kappa shape index (κ2) is 9.32. The molecule has 8 heteroatoms. The zero-order valence-corrected chi connectivity index (χ0v) is 16.2. The van der Waals surface area contributed by atoms with Crippen LogP contribution in [0.25, 0.3) is 0 Å². The first-order valence-electron chi connectivity index (χ1n) is 9.17. The maximum atomic E-state index is 12.3. The molecular weight excluding hydrogens is 368 g/mol. The standard InChI is InChI=1S/C19H25ClN4O3/c1-2-16(25)11-23-7-9-24(10-8-23)12-18-22-17(13-27-18)19(26)21-15-5-3-14(20)4-6-15/h3-6,13,16,25H,2,7-12H2,1H3,(H,21,26). The van der Waals surface area contributed by atoms with E-state index in [4.69, 9.17) is 16.0 Å². The Morgan fingerprint density at radius 3 is 2.59 bits per heavy atom. The van der Waals surface area contributed by atoms with Crippen molar-refractivity contribution in [1.29, 1.82) is 0 Å². The van der Waals surface area contributed by atoms with Crippen LogP contribution in [-0.2, 0) is 6.54 Å². The molecule has 1 fully saturated rings. The minimum absolute atomic E-state index is 0.254. The van der Waals surface area contributed by atoms with E-state index in [1.807, 2.05) is 6.92 Å². The lowest BCUT2D eigenvalue weighted by atomic mass is 10.2. The summed E-state index contributed by atoms with van der Waals surface area (Å²) in [6, 6.07) is 6.89. The van der Waals surface area contributed by atoms with Crippen LogP contribution in [0.15, 0.2) is 34.9 Å². The minimum atomic E-state index is -0.314. The van der Waals surface area contributed by atoms with Crippen LogP contribution in [0.4, 0.5) is 5.69 Å². The van der Waals surface area contributed by atoms with Crippen molar-refractivity contribution in [2.75, 3.05) is 38.0 Å². The molecular formula is C19H25ClN4O3. The minimum Gasteiger partial charge on any atom is -0.447 e. The third-order valence-electron chi connectivity index (χ3n) is 4.65. The predicted molar refractivity (Wildman–Crippen MR) is 104 cm³/mol. The molecule has 27 heavy (non-hydrogen) atoms. The van der Waals surface area contributed by atoms with Crippen LogP contribution in [0, 0.1) is 0 Å². The number of aliphatic hydroxyl groups is 1. The molecule has 0 spiro atoms. The van der Waals surface area contributed by atoms with Gasteiger partial charge in [-0.25, -0.2) is 4.98 Å². The highest BCUT2D eigenvalue weighted by molar-refractivity contribution is 6.30. The molecule has 3 rings (SSSR count). The summed E-state index contributed by atoms with van der Waals surface area (Å²) in [6.45, 7) is 6.85. The number of hydrogen-bond donors (Lipinski definition) is 2. The number of carbonyl (C=O) groups is 1. The van der Waals surface area contributed by atoms with Gasteiger partial charge in [0, 0.05) is 43.4 Å². The summed E-state index contributed by atoms with van der Waals surface area (Å²) in [7, 11) is 0. The molecule has 0 radical (unpaired) electrons. The molecule has 0 saturated carbocycles. The third-order valence-corrected chi connectivity index (χ3v) is 4.90. The molecule has 0 bridgehead atoms. The largest absolute Gasteiger partial charge is 0.447 e. The Bertz CT molecular complexity index is 742. The number of hydrogen-bond acceptors (Lipinski definition) is 6. The van der Waals surface area contributed by atoms with Crippen molar-refractivity contribution in [3.8, 4) is 0 Å². The summed E-state index contributed by atoms with van der Waals surface area (Å²) in [5.74, 6) is 0.212. The molecule has 1 saturated heterocycles. The number of anilines is 1. The van der Waals surface area contributed by atoms with Crippen LogP contribution in [0.5, 0.6) is 0 Å². The first-order valence-corrected chi connectivity index (χ1v) is 9.55. The average molecular weight is 393 g/mol. The Labute approximate surface area is 163 Å². The Balaban J connectivity index is 1.48. The molecule has 1 aromatic heterocycles. The summed E-state index contributed by atoms with van der Waals surface area (Å²) >= 11 is 5.84. The van der Waals surface area contributed by atoms with Crippen molar-refractivity contribution in [3.05, 3.63) is 47.1 Å². The summed E-state index contributed by atoms with van der Waals surface area (Å²) in [4.78, 5) is 21.1. The molecule has 1 unspecified atom stereocenters. The van der Waals surface area contributed by atoms with Crippen LogP contribution < -0.4 is 5.32 Å². The van der Waals surface area contributed by atoms with Crippen LogP contribution in [0.1, 0.15) is 29.7 Å². The number of aliphatic hydroxyl groups excluding tert-OH is 1. The Kier molecular flexibility index (Phi) is 6.84. The lowest BCUT2D eigenvalue weighted by Crippen LogP contribution is -2.48. The molecule has 1 aliphatic heterocycles. The number of rotatable bonds is 7. The fraction of sp³-hybridized carbons (Fsp3) is 0.474. The monoisotopic (exact) mass is 392 g/mol. The summed E-state index contributed by atoms with van der Waals surface area (Å²) in [6.07, 6.45) is 1.90. The van der Waals surface area contributed by atoms with Gasteiger partial charge in [0.2, 0.25) is 5.89 Å². The fourth-order valence-corrected chi connectivity index (χ4v) is 3.09. The molecule has 1 aliphatic rings. The number of halogens is 1. The van der Waals surface area contributed by atoms with Crippen molar-refractivity contribution >= 4 is 23.2 Å². The number of nitrogens with zero attached hydrogens (tertiary/aromatic N) is 3. The van der Waals surface area contributed by atoms with Crippen molar-refractivity contribution in [3.63, 3.8) is 0 Å². The van der Waals surface area contributed by atoms with Gasteiger partial charge in [0.1, 0.15) is 6.26 Å². The molecule has 1 amide bonds. The summed E-state index contributed by atoms with van der Waals surface area (Å²) in [5.41, 5.74) is 0.906. The average Bonchev–Trinajstić information content (AvgIpc) is 3.14. The van der Waals surface area contributed by atoms with Crippen molar-refractivity contribution < 1.29 is 14.3 Å². The molecule has 2 aromatic rings. The first-order chi connectivity index (χ1) is 13.0. The third kappa shape index (κ3) is 5.77. The van der Waals surface area contributed by atoms with Gasteiger partial charge >= 0.3 is 0 Å². The van der Waals surface area contributed by atoms with Gasteiger partial charge in [0.15, 0.2) is 5.69 Å². The zero-order valence-electron chi connectivity index (χ0n) is 15.4. The van der Waals surface area contributed by atoms with E-state index in [0.29, 0.717) is 23.1 Å². The summed E-state index contributed by atoms with van der Waals surface area (Å²) < 4.78 is 5.47. The number of carbonyl (C=O) groups excluding carboxylic acids is 1.